The highest BCUT2D eigenvalue weighted by Crippen LogP contribution is 2.22. The summed E-state index contributed by atoms with van der Waals surface area (Å²) < 4.78 is 6.11. The van der Waals surface area contributed by atoms with Crippen LogP contribution in [-0.4, -0.2) is 5.24 Å². The second-order valence-electron chi connectivity index (χ2n) is 3.35. The highest BCUT2D eigenvalue weighted by atomic mass is 79.9. The summed E-state index contributed by atoms with van der Waals surface area (Å²) in [6.45, 7) is 0. The Bertz CT molecular complexity index is 541. The first-order valence-corrected chi connectivity index (χ1v) is 6.05. The highest BCUT2D eigenvalue weighted by molar-refractivity contribution is 9.10. The van der Waals surface area contributed by atoms with E-state index in [2.05, 4.69) is 15.9 Å². The first-order chi connectivity index (χ1) is 8.16. The summed E-state index contributed by atoms with van der Waals surface area (Å²) >= 11 is 8.91. The van der Waals surface area contributed by atoms with E-state index in [9.17, 15) is 4.79 Å². The number of carbonyl (C=O) groups is 1. The van der Waals surface area contributed by atoms with Crippen LogP contribution in [0.5, 0.6) is 0 Å². The zero-order chi connectivity index (χ0) is 12.3. The smallest absolute Gasteiger partial charge is 0.253 e. The van der Waals surface area contributed by atoms with Gasteiger partial charge in [-0.2, -0.15) is 0 Å². The quantitative estimate of drug-likeness (QED) is 0.623. The number of carbonyl (C=O) groups excluding carboxylic acids is 1. The van der Waals surface area contributed by atoms with E-state index >= 15 is 0 Å². The molecule has 0 N–H and O–H groups in total. The molecule has 0 bridgehead atoms. The minimum Gasteiger partial charge on any atom is -0.465 e. The molecule has 1 aromatic carbocycles. The van der Waals surface area contributed by atoms with E-state index in [1.165, 1.54) is 0 Å². The Morgan fingerprint density at radius 3 is 2.47 bits per heavy atom. The van der Waals surface area contributed by atoms with E-state index in [4.69, 9.17) is 16.0 Å². The van der Waals surface area contributed by atoms with Gasteiger partial charge in [0.05, 0.1) is 6.26 Å². The van der Waals surface area contributed by atoms with Crippen LogP contribution in [0.3, 0.4) is 0 Å². The predicted octanol–water partition coefficient (Wildman–Crippen LogP) is 4.35. The van der Waals surface area contributed by atoms with Crippen LogP contribution in [0.15, 0.2) is 51.6 Å². The maximum atomic E-state index is 11.4. The van der Waals surface area contributed by atoms with Crippen molar-refractivity contribution in [2.24, 2.45) is 0 Å². The van der Waals surface area contributed by atoms with Gasteiger partial charge in [0.25, 0.3) is 5.24 Å². The van der Waals surface area contributed by atoms with Crippen LogP contribution < -0.4 is 0 Å². The number of allylic oxidation sites excluding steroid dienone is 1. The van der Waals surface area contributed by atoms with E-state index in [1.54, 1.807) is 24.5 Å². The van der Waals surface area contributed by atoms with Crippen molar-refractivity contribution in [1.82, 2.24) is 0 Å². The fourth-order valence-electron chi connectivity index (χ4n) is 1.40. The largest absolute Gasteiger partial charge is 0.465 e. The van der Waals surface area contributed by atoms with Gasteiger partial charge in [0, 0.05) is 10.0 Å². The molecule has 4 heteroatoms. The van der Waals surface area contributed by atoms with Crippen LogP contribution in [0.2, 0.25) is 0 Å². The third-order valence-corrected chi connectivity index (χ3v) is 2.93. The number of hydrogen-bond acceptors (Lipinski definition) is 2. The van der Waals surface area contributed by atoms with E-state index in [-0.39, 0.29) is 0 Å². The molecule has 2 aromatic rings. The van der Waals surface area contributed by atoms with Crippen LogP contribution in [0.4, 0.5) is 0 Å². The summed E-state index contributed by atoms with van der Waals surface area (Å²) in [6.07, 6.45) is 3.17. The first kappa shape index (κ1) is 12.1. The molecule has 0 fully saturated rings. The maximum Gasteiger partial charge on any atom is 0.253 e. The number of rotatable bonds is 3. The lowest BCUT2D eigenvalue weighted by Gasteiger charge is -2.02. The summed E-state index contributed by atoms with van der Waals surface area (Å²) in [5.74, 6) is 0.594. The van der Waals surface area contributed by atoms with Crippen molar-refractivity contribution in [1.29, 1.82) is 0 Å². The fourth-order valence-corrected chi connectivity index (χ4v) is 1.83. The lowest BCUT2D eigenvalue weighted by Crippen LogP contribution is -1.92. The number of halogens is 2. The van der Waals surface area contributed by atoms with Gasteiger partial charge in [0.2, 0.25) is 0 Å². The van der Waals surface area contributed by atoms with E-state index in [0.717, 1.165) is 10.0 Å². The van der Waals surface area contributed by atoms with Gasteiger partial charge in [-0.1, -0.05) is 28.1 Å². The van der Waals surface area contributed by atoms with Gasteiger partial charge in [0.15, 0.2) is 0 Å². The summed E-state index contributed by atoms with van der Waals surface area (Å²) in [6, 6.07) is 10.9. The molecule has 86 valence electrons. The topological polar surface area (TPSA) is 30.2 Å². The van der Waals surface area contributed by atoms with Gasteiger partial charge in [-0.05, 0) is 47.5 Å². The molecular formula is C13H8BrClO2. The molecule has 0 atom stereocenters. The van der Waals surface area contributed by atoms with Gasteiger partial charge in [-0.15, -0.1) is 0 Å². The number of furan rings is 1. The van der Waals surface area contributed by atoms with E-state index < -0.39 is 5.24 Å². The average molecular weight is 312 g/mol. The normalized spacial score (nSPS) is 11.5. The molecule has 2 nitrogen and oxygen atoms in total. The average Bonchev–Trinajstić information content (AvgIpc) is 2.80. The Morgan fingerprint density at radius 2 is 1.94 bits per heavy atom. The summed E-state index contributed by atoms with van der Waals surface area (Å²) in [7, 11) is 0. The number of hydrogen-bond donors (Lipinski definition) is 0. The molecule has 0 spiro atoms. The third-order valence-electron chi connectivity index (χ3n) is 2.20. The standard InChI is InChI=1S/C13H8BrClO2/c14-10-5-3-9(4-6-10)12(13(15)16)8-11-2-1-7-17-11/h1-8H/b12-8-. The molecular weight excluding hydrogens is 303 g/mol. The summed E-state index contributed by atoms with van der Waals surface area (Å²) in [5.41, 5.74) is 1.17. The van der Waals surface area contributed by atoms with Crippen molar-refractivity contribution >= 4 is 44.4 Å². The minimum atomic E-state index is -0.510. The SMILES string of the molecule is O=C(Cl)/C(=C\c1ccco1)c1ccc(Br)cc1. The van der Waals surface area contributed by atoms with Crippen molar-refractivity contribution in [3.63, 3.8) is 0 Å². The molecule has 0 aliphatic rings. The van der Waals surface area contributed by atoms with Crippen LogP contribution in [0, 0.1) is 0 Å². The van der Waals surface area contributed by atoms with Gasteiger partial charge in [-0.3, -0.25) is 4.79 Å². The highest BCUT2D eigenvalue weighted by Gasteiger charge is 2.10. The van der Waals surface area contributed by atoms with Crippen molar-refractivity contribution in [3.05, 3.63) is 58.5 Å². The van der Waals surface area contributed by atoms with E-state index in [1.807, 2.05) is 24.3 Å². The third kappa shape index (κ3) is 3.08. The molecule has 17 heavy (non-hydrogen) atoms. The summed E-state index contributed by atoms with van der Waals surface area (Å²) in [5, 5.41) is -0.510. The Labute approximate surface area is 112 Å². The second kappa shape index (κ2) is 5.34. The fraction of sp³-hybridized carbons (Fsp3) is 0. The van der Waals surface area contributed by atoms with Crippen LogP contribution in [-0.2, 0) is 4.79 Å². The molecule has 0 saturated carbocycles. The Balaban J connectivity index is 2.43. The summed E-state index contributed by atoms with van der Waals surface area (Å²) in [4.78, 5) is 11.4. The monoisotopic (exact) mass is 310 g/mol. The van der Waals surface area contributed by atoms with Crippen molar-refractivity contribution < 1.29 is 9.21 Å². The molecule has 0 amide bonds. The molecule has 0 saturated heterocycles. The lowest BCUT2D eigenvalue weighted by molar-refractivity contribution is -0.106. The Kier molecular flexibility index (Phi) is 3.82. The Hall–Kier alpha value is -1.32. The predicted molar refractivity (Wildman–Crippen MR) is 71.6 cm³/mol. The molecule has 0 aliphatic heterocycles. The van der Waals surface area contributed by atoms with E-state index in [0.29, 0.717) is 11.3 Å². The molecule has 0 unspecified atom stereocenters. The molecule has 0 aliphatic carbocycles. The zero-order valence-electron chi connectivity index (χ0n) is 8.69. The van der Waals surface area contributed by atoms with Gasteiger partial charge in [0.1, 0.15) is 5.76 Å². The number of benzene rings is 1. The van der Waals surface area contributed by atoms with Crippen molar-refractivity contribution in [3.8, 4) is 0 Å². The second-order valence-corrected chi connectivity index (χ2v) is 4.61. The molecule has 1 aromatic heterocycles. The zero-order valence-corrected chi connectivity index (χ0v) is 11.0. The van der Waals surface area contributed by atoms with Crippen molar-refractivity contribution in [2.75, 3.05) is 0 Å². The van der Waals surface area contributed by atoms with Gasteiger partial charge < -0.3 is 4.42 Å². The van der Waals surface area contributed by atoms with Crippen LogP contribution in [0.25, 0.3) is 11.6 Å². The molecule has 1 heterocycles. The van der Waals surface area contributed by atoms with Crippen molar-refractivity contribution in [2.45, 2.75) is 0 Å². The van der Waals surface area contributed by atoms with Crippen LogP contribution >= 0.6 is 27.5 Å². The maximum absolute atomic E-state index is 11.4. The lowest BCUT2D eigenvalue weighted by atomic mass is 10.1. The van der Waals surface area contributed by atoms with Gasteiger partial charge >= 0.3 is 0 Å². The molecule has 0 radical (unpaired) electrons. The van der Waals surface area contributed by atoms with Gasteiger partial charge in [-0.25, -0.2) is 0 Å². The van der Waals surface area contributed by atoms with Crippen LogP contribution in [0.1, 0.15) is 11.3 Å². The first-order valence-electron chi connectivity index (χ1n) is 4.88. The molecule has 2 rings (SSSR count). The minimum absolute atomic E-state index is 0.411. The Morgan fingerprint density at radius 1 is 1.24 bits per heavy atom.